The number of aryl methyl sites for hydroxylation is 1. The lowest BCUT2D eigenvalue weighted by atomic mass is 10.1. The molecule has 3 heterocycles. The molecule has 3 N–H and O–H groups in total. The molecule has 0 aromatic carbocycles. The molecule has 0 amide bonds. The minimum Gasteiger partial charge on any atom is -0.325 e. The number of fused-ring (bicyclic) bond motifs is 1. The topological polar surface area (TPSA) is 72.0 Å². The molecule has 5 heteroatoms. The summed E-state index contributed by atoms with van der Waals surface area (Å²) in [5.74, 6) is 0. The zero-order valence-electron chi connectivity index (χ0n) is 10.2. The standard InChI is InChI=1S/C13H15N5/c1-9-12(6-10-8-15-17-11(10)7-14)18-5-3-2-4-13(18)16-9/h2-5,8H,6-7,14H2,1H3,(H,15,17). The molecular formula is C13H15N5. The van der Waals surface area contributed by atoms with Crippen LogP contribution in [0, 0.1) is 6.92 Å². The van der Waals surface area contributed by atoms with Gasteiger partial charge in [-0.3, -0.25) is 5.10 Å². The molecule has 0 aliphatic carbocycles. The maximum atomic E-state index is 5.68. The third kappa shape index (κ3) is 1.69. The normalized spacial score (nSPS) is 11.2. The van der Waals surface area contributed by atoms with Gasteiger partial charge in [-0.15, -0.1) is 0 Å². The Balaban J connectivity index is 2.07. The van der Waals surface area contributed by atoms with Crippen LogP contribution in [-0.4, -0.2) is 19.6 Å². The average molecular weight is 241 g/mol. The molecule has 0 bridgehead atoms. The zero-order chi connectivity index (χ0) is 12.5. The fourth-order valence-corrected chi connectivity index (χ4v) is 2.22. The van der Waals surface area contributed by atoms with E-state index in [0.717, 1.165) is 29.0 Å². The van der Waals surface area contributed by atoms with Crippen molar-refractivity contribution in [1.29, 1.82) is 0 Å². The second-order valence-electron chi connectivity index (χ2n) is 4.33. The molecule has 3 aromatic rings. The van der Waals surface area contributed by atoms with Crippen LogP contribution in [0.15, 0.2) is 30.6 Å². The first kappa shape index (κ1) is 11.0. The summed E-state index contributed by atoms with van der Waals surface area (Å²) in [7, 11) is 0. The smallest absolute Gasteiger partial charge is 0.137 e. The van der Waals surface area contributed by atoms with E-state index in [1.165, 1.54) is 5.69 Å². The van der Waals surface area contributed by atoms with Gasteiger partial charge >= 0.3 is 0 Å². The lowest BCUT2D eigenvalue weighted by Gasteiger charge is -2.03. The molecule has 0 fully saturated rings. The first-order valence-electron chi connectivity index (χ1n) is 5.93. The minimum absolute atomic E-state index is 0.477. The molecule has 0 aliphatic rings. The van der Waals surface area contributed by atoms with Crippen molar-refractivity contribution < 1.29 is 0 Å². The lowest BCUT2D eigenvalue weighted by molar-refractivity contribution is 0.922. The van der Waals surface area contributed by atoms with Crippen LogP contribution in [0.3, 0.4) is 0 Å². The summed E-state index contributed by atoms with van der Waals surface area (Å²) in [6, 6.07) is 6.02. The average Bonchev–Trinajstić information content (AvgIpc) is 2.95. The van der Waals surface area contributed by atoms with E-state index in [1.54, 1.807) is 0 Å². The summed E-state index contributed by atoms with van der Waals surface area (Å²) in [6.07, 6.45) is 4.66. The van der Waals surface area contributed by atoms with Gasteiger partial charge in [-0.05, 0) is 19.1 Å². The Kier molecular flexibility index (Phi) is 2.60. The number of nitrogens with one attached hydrogen (secondary N) is 1. The Morgan fingerprint density at radius 3 is 3.11 bits per heavy atom. The summed E-state index contributed by atoms with van der Waals surface area (Å²) in [6.45, 7) is 2.51. The van der Waals surface area contributed by atoms with Gasteiger partial charge in [0.25, 0.3) is 0 Å². The Hall–Kier alpha value is -2.14. The van der Waals surface area contributed by atoms with Crippen molar-refractivity contribution in [3.8, 4) is 0 Å². The number of hydrogen-bond acceptors (Lipinski definition) is 3. The molecule has 18 heavy (non-hydrogen) atoms. The van der Waals surface area contributed by atoms with Crippen LogP contribution >= 0.6 is 0 Å². The van der Waals surface area contributed by atoms with Crippen LogP contribution < -0.4 is 5.73 Å². The molecular weight excluding hydrogens is 226 g/mol. The molecule has 3 rings (SSSR count). The van der Waals surface area contributed by atoms with Gasteiger partial charge in [0.1, 0.15) is 5.65 Å². The van der Waals surface area contributed by atoms with E-state index < -0.39 is 0 Å². The lowest BCUT2D eigenvalue weighted by Crippen LogP contribution is -2.03. The number of hydrogen-bond donors (Lipinski definition) is 2. The predicted molar refractivity (Wildman–Crippen MR) is 69.2 cm³/mol. The van der Waals surface area contributed by atoms with Crippen LogP contribution in [0.4, 0.5) is 0 Å². The van der Waals surface area contributed by atoms with Crippen LogP contribution in [0.5, 0.6) is 0 Å². The van der Waals surface area contributed by atoms with Gasteiger partial charge < -0.3 is 10.1 Å². The van der Waals surface area contributed by atoms with Gasteiger partial charge in [0.05, 0.1) is 17.6 Å². The van der Waals surface area contributed by atoms with Gasteiger partial charge in [0.2, 0.25) is 0 Å². The summed E-state index contributed by atoms with van der Waals surface area (Å²) in [5.41, 5.74) is 11.0. The number of aromatic nitrogens is 4. The fourth-order valence-electron chi connectivity index (χ4n) is 2.22. The van der Waals surface area contributed by atoms with Crippen molar-refractivity contribution in [2.75, 3.05) is 0 Å². The molecule has 0 unspecified atom stereocenters. The van der Waals surface area contributed by atoms with Crippen molar-refractivity contribution in [2.45, 2.75) is 19.9 Å². The van der Waals surface area contributed by atoms with Gasteiger partial charge in [0, 0.05) is 30.4 Å². The third-order valence-electron chi connectivity index (χ3n) is 3.20. The summed E-state index contributed by atoms with van der Waals surface area (Å²) < 4.78 is 2.11. The molecule has 0 spiro atoms. The Bertz CT molecular complexity index is 680. The second-order valence-corrected chi connectivity index (χ2v) is 4.33. The molecule has 0 saturated carbocycles. The van der Waals surface area contributed by atoms with Crippen LogP contribution in [0.25, 0.3) is 5.65 Å². The fraction of sp³-hybridized carbons (Fsp3) is 0.231. The Labute approximate surface area is 105 Å². The van der Waals surface area contributed by atoms with E-state index in [0.29, 0.717) is 6.54 Å². The first-order valence-corrected chi connectivity index (χ1v) is 5.93. The quantitative estimate of drug-likeness (QED) is 0.728. The molecule has 0 aliphatic heterocycles. The molecule has 0 atom stereocenters. The molecule has 3 aromatic heterocycles. The Morgan fingerprint density at radius 1 is 1.39 bits per heavy atom. The van der Waals surface area contributed by atoms with Crippen molar-refractivity contribution in [1.82, 2.24) is 19.6 Å². The monoisotopic (exact) mass is 241 g/mol. The number of H-pyrrole nitrogens is 1. The van der Waals surface area contributed by atoms with Gasteiger partial charge in [-0.1, -0.05) is 6.07 Å². The minimum atomic E-state index is 0.477. The van der Waals surface area contributed by atoms with E-state index in [2.05, 4.69) is 19.6 Å². The molecule has 5 nitrogen and oxygen atoms in total. The Morgan fingerprint density at radius 2 is 2.28 bits per heavy atom. The number of nitrogens with two attached hydrogens (primary N) is 1. The summed E-state index contributed by atoms with van der Waals surface area (Å²) in [4.78, 5) is 4.55. The van der Waals surface area contributed by atoms with Crippen molar-refractivity contribution in [3.63, 3.8) is 0 Å². The van der Waals surface area contributed by atoms with E-state index in [-0.39, 0.29) is 0 Å². The van der Waals surface area contributed by atoms with Gasteiger partial charge in [-0.25, -0.2) is 4.98 Å². The van der Waals surface area contributed by atoms with Crippen molar-refractivity contribution >= 4 is 5.65 Å². The van der Waals surface area contributed by atoms with Crippen molar-refractivity contribution in [2.24, 2.45) is 5.73 Å². The highest BCUT2D eigenvalue weighted by atomic mass is 15.1. The SMILES string of the molecule is Cc1nc2ccccn2c1Cc1cn[nH]c1CN. The number of nitrogens with zero attached hydrogens (tertiary/aromatic N) is 3. The largest absolute Gasteiger partial charge is 0.325 e. The van der Waals surface area contributed by atoms with Crippen LogP contribution in [0.1, 0.15) is 22.6 Å². The highest BCUT2D eigenvalue weighted by Gasteiger charge is 2.11. The van der Waals surface area contributed by atoms with Gasteiger partial charge in [0.15, 0.2) is 0 Å². The highest BCUT2D eigenvalue weighted by Crippen LogP contribution is 2.17. The maximum Gasteiger partial charge on any atom is 0.137 e. The third-order valence-corrected chi connectivity index (χ3v) is 3.20. The van der Waals surface area contributed by atoms with E-state index in [4.69, 9.17) is 5.73 Å². The maximum absolute atomic E-state index is 5.68. The second kappa shape index (κ2) is 4.27. The number of rotatable bonds is 3. The number of aromatic amines is 1. The van der Waals surface area contributed by atoms with Crippen LogP contribution in [-0.2, 0) is 13.0 Å². The predicted octanol–water partition coefficient (Wildman–Crippen LogP) is 1.42. The number of pyridine rings is 1. The zero-order valence-corrected chi connectivity index (χ0v) is 10.2. The number of imidazole rings is 1. The highest BCUT2D eigenvalue weighted by molar-refractivity contribution is 5.44. The van der Waals surface area contributed by atoms with Gasteiger partial charge in [-0.2, -0.15) is 5.10 Å². The molecule has 0 saturated heterocycles. The van der Waals surface area contributed by atoms with Crippen LogP contribution in [0.2, 0.25) is 0 Å². The first-order chi connectivity index (χ1) is 8.79. The summed E-state index contributed by atoms with van der Waals surface area (Å²) >= 11 is 0. The van der Waals surface area contributed by atoms with Crippen molar-refractivity contribution in [3.05, 3.63) is 53.2 Å². The molecule has 92 valence electrons. The van der Waals surface area contributed by atoms with E-state index in [1.807, 2.05) is 37.5 Å². The molecule has 0 radical (unpaired) electrons. The summed E-state index contributed by atoms with van der Waals surface area (Å²) in [5, 5.41) is 6.98. The van der Waals surface area contributed by atoms with E-state index >= 15 is 0 Å². The van der Waals surface area contributed by atoms with E-state index in [9.17, 15) is 0 Å².